The van der Waals surface area contributed by atoms with Crippen LogP contribution in [0.15, 0.2) is 42.5 Å². The van der Waals surface area contributed by atoms with Crippen LogP contribution in [0.5, 0.6) is 11.5 Å². The van der Waals surface area contributed by atoms with Crippen molar-refractivity contribution in [2.75, 3.05) is 0 Å². The fraction of sp³-hybridized carbons (Fsp3) is 0.350. The van der Waals surface area contributed by atoms with E-state index < -0.39 is 0 Å². The highest BCUT2D eigenvalue weighted by Crippen LogP contribution is 2.37. The molecule has 134 valence electrons. The van der Waals surface area contributed by atoms with Gasteiger partial charge in [-0.05, 0) is 49.6 Å². The van der Waals surface area contributed by atoms with Gasteiger partial charge >= 0.3 is 0 Å². The smallest absolute Gasteiger partial charge is 0.218 e. The Morgan fingerprint density at radius 1 is 1.24 bits per heavy atom. The Kier molecular flexibility index (Phi) is 6.85. The molecule has 5 heteroatoms. The summed E-state index contributed by atoms with van der Waals surface area (Å²) in [5.74, 6) is 1.09. The molecular weight excluding hydrogens is 336 g/mol. The first-order valence-corrected chi connectivity index (χ1v) is 8.86. The number of nitrogens with two attached hydrogens (primary N) is 1. The van der Waals surface area contributed by atoms with Crippen LogP contribution in [0.3, 0.4) is 0 Å². The predicted molar refractivity (Wildman–Crippen MR) is 102 cm³/mol. The molecule has 2 rings (SSSR count). The summed E-state index contributed by atoms with van der Waals surface area (Å²) < 4.78 is 6.01. The summed E-state index contributed by atoms with van der Waals surface area (Å²) in [6.45, 7) is 6.06. The topological polar surface area (TPSA) is 64.3 Å². The van der Waals surface area contributed by atoms with Crippen LogP contribution in [-0.2, 0) is 4.79 Å². The van der Waals surface area contributed by atoms with E-state index in [1.54, 1.807) is 0 Å². The fourth-order valence-electron chi connectivity index (χ4n) is 2.91. The van der Waals surface area contributed by atoms with Crippen molar-refractivity contribution in [3.63, 3.8) is 0 Å². The average molecular weight is 361 g/mol. The van der Waals surface area contributed by atoms with Crippen LogP contribution in [-0.4, -0.2) is 11.9 Å². The summed E-state index contributed by atoms with van der Waals surface area (Å²) in [5, 5.41) is 4.04. The number of halogens is 1. The molecule has 0 spiro atoms. The van der Waals surface area contributed by atoms with E-state index in [0.29, 0.717) is 17.2 Å². The SMILES string of the molecule is CC[C@@H](N[C@@H](C)CC(N)=O)c1ccc(Cl)c(Oc2ccccc2)c1C. The minimum absolute atomic E-state index is 0.00369. The molecule has 0 unspecified atom stereocenters. The Morgan fingerprint density at radius 2 is 1.92 bits per heavy atom. The normalized spacial score (nSPS) is 13.3. The zero-order valence-electron chi connectivity index (χ0n) is 14.9. The molecule has 25 heavy (non-hydrogen) atoms. The quantitative estimate of drug-likeness (QED) is 0.714. The molecule has 0 fully saturated rings. The molecular formula is C20H25ClN2O2. The molecule has 0 aliphatic carbocycles. The lowest BCUT2D eigenvalue weighted by molar-refractivity contribution is -0.118. The van der Waals surface area contributed by atoms with E-state index in [1.807, 2.05) is 56.3 Å². The molecule has 4 nitrogen and oxygen atoms in total. The minimum atomic E-state index is -0.309. The number of amides is 1. The molecule has 3 N–H and O–H groups in total. The molecule has 0 radical (unpaired) electrons. The fourth-order valence-corrected chi connectivity index (χ4v) is 3.16. The lowest BCUT2D eigenvalue weighted by atomic mass is 9.97. The Labute approximate surface area is 154 Å². The number of rotatable bonds is 8. The number of ether oxygens (including phenoxy) is 1. The van der Waals surface area contributed by atoms with Gasteiger partial charge in [0.2, 0.25) is 5.91 Å². The summed E-state index contributed by atoms with van der Waals surface area (Å²) >= 11 is 6.37. The van der Waals surface area contributed by atoms with E-state index in [0.717, 1.165) is 23.3 Å². The van der Waals surface area contributed by atoms with Gasteiger partial charge in [0.25, 0.3) is 0 Å². The van der Waals surface area contributed by atoms with E-state index in [9.17, 15) is 4.79 Å². The third kappa shape index (κ3) is 5.21. The van der Waals surface area contributed by atoms with Crippen LogP contribution in [0.2, 0.25) is 5.02 Å². The second kappa shape index (κ2) is 8.88. The third-order valence-corrected chi connectivity index (χ3v) is 4.44. The average Bonchev–Trinajstić information content (AvgIpc) is 2.57. The lowest BCUT2D eigenvalue weighted by Gasteiger charge is -2.25. The summed E-state index contributed by atoms with van der Waals surface area (Å²) in [7, 11) is 0. The minimum Gasteiger partial charge on any atom is -0.456 e. The highest BCUT2D eigenvalue weighted by molar-refractivity contribution is 6.32. The van der Waals surface area contributed by atoms with Gasteiger partial charge in [0, 0.05) is 18.5 Å². The van der Waals surface area contributed by atoms with Gasteiger partial charge in [-0.25, -0.2) is 0 Å². The number of carbonyl (C=O) groups excluding carboxylic acids is 1. The van der Waals surface area contributed by atoms with Gasteiger partial charge in [-0.1, -0.05) is 42.8 Å². The molecule has 0 bridgehead atoms. The molecule has 0 saturated heterocycles. The van der Waals surface area contributed by atoms with Crippen molar-refractivity contribution in [2.24, 2.45) is 5.73 Å². The maximum absolute atomic E-state index is 11.1. The lowest BCUT2D eigenvalue weighted by Crippen LogP contribution is -2.34. The highest BCUT2D eigenvalue weighted by Gasteiger charge is 2.19. The first-order chi connectivity index (χ1) is 11.9. The molecule has 0 aromatic heterocycles. The van der Waals surface area contributed by atoms with Crippen molar-refractivity contribution in [3.8, 4) is 11.5 Å². The summed E-state index contributed by atoms with van der Waals surface area (Å²) in [6, 6.07) is 13.5. The van der Waals surface area contributed by atoms with Gasteiger partial charge in [0.05, 0.1) is 5.02 Å². The van der Waals surface area contributed by atoms with E-state index in [4.69, 9.17) is 22.1 Å². The van der Waals surface area contributed by atoms with Gasteiger partial charge in [0.15, 0.2) is 0 Å². The van der Waals surface area contributed by atoms with Gasteiger partial charge in [0.1, 0.15) is 11.5 Å². The largest absolute Gasteiger partial charge is 0.456 e. The monoisotopic (exact) mass is 360 g/mol. The zero-order valence-corrected chi connectivity index (χ0v) is 15.6. The summed E-state index contributed by atoms with van der Waals surface area (Å²) in [4.78, 5) is 11.1. The van der Waals surface area contributed by atoms with E-state index in [1.165, 1.54) is 0 Å². The van der Waals surface area contributed by atoms with Crippen LogP contribution >= 0.6 is 11.6 Å². The second-order valence-electron chi connectivity index (χ2n) is 6.20. The maximum atomic E-state index is 11.1. The Bertz CT molecular complexity index is 719. The first-order valence-electron chi connectivity index (χ1n) is 8.48. The van der Waals surface area contributed by atoms with Crippen molar-refractivity contribution in [3.05, 3.63) is 58.6 Å². The molecule has 0 aliphatic rings. The molecule has 0 saturated carbocycles. The predicted octanol–water partition coefficient (Wildman–Crippen LogP) is 4.75. The van der Waals surface area contributed by atoms with Crippen molar-refractivity contribution in [1.29, 1.82) is 0 Å². The number of hydrogen-bond acceptors (Lipinski definition) is 3. The maximum Gasteiger partial charge on any atom is 0.218 e. The number of hydrogen-bond donors (Lipinski definition) is 2. The van der Waals surface area contributed by atoms with Crippen molar-refractivity contribution >= 4 is 17.5 Å². The van der Waals surface area contributed by atoms with Gasteiger partial charge in [-0.15, -0.1) is 0 Å². The van der Waals surface area contributed by atoms with Crippen molar-refractivity contribution < 1.29 is 9.53 Å². The third-order valence-electron chi connectivity index (χ3n) is 4.14. The van der Waals surface area contributed by atoms with Gasteiger partial charge in [-0.2, -0.15) is 0 Å². The number of nitrogens with one attached hydrogen (secondary N) is 1. The Morgan fingerprint density at radius 3 is 2.52 bits per heavy atom. The summed E-state index contributed by atoms with van der Waals surface area (Å²) in [5.41, 5.74) is 7.39. The van der Waals surface area contributed by atoms with Crippen LogP contribution in [0.1, 0.15) is 43.9 Å². The van der Waals surface area contributed by atoms with E-state index in [-0.39, 0.29) is 18.0 Å². The standard InChI is InChI=1S/C20H25ClN2O2/c1-4-18(23-13(2)12-19(22)24)16-10-11-17(21)20(14(16)3)25-15-8-6-5-7-9-15/h5-11,13,18,23H,4,12H2,1-3H3,(H2,22,24)/t13-,18+/m0/s1. The number of primary amides is 1. The molecule has 2 aromatic rings. The number of benzene rings is 2. The van der Waals surface area contributed by atoms with Crippen molar-refractivity contribution in [1.82, 2.24) is 5.32 Å². The zero-order chi connectivity index (χ0) is 18.4. The van der Waals surface area contributed by atoms with Crippen LogP contribution in [0, 0.1) is 6.92 Å². The van der Waals surface area contributed by atoms with Crippen molar-refractivity contribution in [2.45, 2.75) is 45.7 Å². The molecule has 0 aliphatic heterocycles. The van der Waals surface area contributed by atoms with E-state index >= 15 is 0 Å². The van der Waals surface area contributed by atoms with Crippen LogP contribution in [0.25, 0.3) is 0 Å². The molecule has 1 amide bonds. The molecule has 2 atom stereocenters. The highest BCUT2D eigenvalue weighted by atomic mass is 35.5. The van der Waals surface area contributed by atoms with Crippen LogP contribution in [0.4, 0.5) is 0 Å². The van der Waals surface area contributed by atoms with Gasteiger partial charge in [-0.3, -0.25) is 4.79 Å². The molecule has 0 heterocycles. The Balaban J connectivity index is 2.28. The van der Waals surface area contributed by atoms with E-state index in [2.05, 4.69) is 12.2 Å². The Hall–Kier alpha value is -2.04. The molecule has 2 aromatic carbocycles. The van der Waals surface area contributed by atoms with Gasteiger partial charge < -0.3 is 15.8 Å². The first kappa shape index (κ1) is 19.3. The van der Waals surface area contributed by atoms with Crippen LogP contribution < -0.4 is 15.8 Å². The number of carbonyl (C=O) groups is 1. The summed E-state index contributed by atoms with van der Waals surface area (Å²) in [6.07, 6.45) is 1.17. The second-order valence-corrected chi connectivity index (χ2v) is 6.61. The number of para-hydroxylation sites is 1.